The smallest absolute Gasteiger partial charge is 0.191 e. The maximum Gasteiger partial charge on any atom is 0.191 e. The summed E-state index contributed by atoms with van der Waals surface area (Å²) in [5.41, 5.74) is 0.577. The van der Waals surface area contributed by atoms with Gasteiger partial charge in [-0.05, 0) is 42.7 Å². The first-order valence-electron chi connectivity index (χ1n) is 8.83. The molecule has 1 saturated heterocycles. The van der Waals surface area contributed by atoms with Crippen LogP contribution in [0.5, 0.6) is 0 Å². The Labute approximate surface area is 179 Å². The molecule has 1 unspecified atom stereocenters. The Bertz CT molecular complexity index is 798. The minimum atomic E-state index is -0.583. The molecule has 0 spiro atoms. The highest BCUT2D eigenvalue weighted by molar-refractivity contribution is 14.0. The average molecular weight is 505 g/mol. The highest BCUT2D eigenvalue weighted by Crippen LogP contribution is 2.20. The molecule has 1 aliphatic heterocycles. The summed E-state index contributed by atoms with van der Waals surface area (Å²) >= 11 is 0. The molecule has 0 aliphatic carbocycles. The fraction of sp³-hybridized carbons (Fsp3) is 0.368. The summed E-state index contributed by atoms with van der Waals surface area (Å²) < 4.78 is 40.3. The lowest BCUT2D eigenvalue weighted by atomic mass is 10.1. The quantitative estimate of drug-likeness (QED) is 0.373. The van der Waals surface area contributed by atoms with E-state index in [9.17, 15) is 13.2 Å². The van der Waals surface area contributed by atoms with Crippen LogP contribution in [-0.2, 0) is 6.42 Å². The van der Waals surface area contributed by atoms with Gasteiger partial charge in [-0.2, -0.15) is 0 Å². The van der Waals surface area contributed by atoms with Gasteiger partial charge in [0, 0.05) is 45.0 Å². The lowest BCUT2D eigenvalue weighted by Gasteiger charge is -2.20. The molecule has 5 nitrogen and oxygen atoms in total. The topological polar surface area (TPSA) is 52.6 Å². The van der Waals surface area contributed by atoms with E-state index >= 15 is 0 Å². The zero-order chi connectivity index (χ0) is 19.2. The summed E-state index contributed by atoms with van der Waals surface area (Å²) in [6.07, 6.45) is 2.87. The second-order valence-electron chi connectivity index (χ2n) is 6.41. The van der Waals surface area contributed by atoms with Crippen LogP contribution in [0.1, 0.15) is 12.0 Å². The number of benzene rings is 1. The molecule has 1 aromatic carbocycles. The molecule has 1 aromatic heterocycles. The van der Waals surface area contributed by atoms with Crippen LogP contribution in [0, 0.1) is 17.5 Å². The van der Waals surface area contributed by atoms with E-state index in [1.807, 2.05) is 4.90 Å². The maximum atomic E-state index is 13.9. The van der Waals surface area contributed by atoms with Crippen molar-refractivity contribution < 1.29 is 13.2 Å². The molecule has 152 valence electrons. The maximum absolute atomic E-state index is 13.9. The number of nitrogens with zero attached hydrogens (tertiary/aromatic N) is 3. The monoisotopic (exact) mass is 505 g/mol. The lowest BCUT2D eigenvalue weighted by molar-refractivity contribution is 0.579. The molecule has 1 fully saturated rings. The van der Waals surface area contributed by atoms with Crippen molar-refractivity contribution in [2.45, 2.75) is 18.9 Å². The van der Waals surface area contributed by atoms with Crippen molar-refractivity contribution >= 4 is 35.8 Å². The van der Waals surface area contributed by atoms with E-state index < -0.39 is 11.6 Å². The van der Waals surface area contributed by atoms with Gasteiger partial charge in [-0.15, -0.1) is 24.0 Å². The Hall–Kier alpha value is -2.04. The molecule has 1 aliphatic rings. The van der Waals surface area contributed by atoms with E-state index in [2.05, 4.69) is 20.6 Å². The van der Waals surface area contributed by atoms with Gasteiger partial charge in [-0.25, -0.2) is 18.2 Å². The number of hydrogen-bond acceptors (Lipinski definition) is 3. The van der Waals surface area contributed by atoms with Gasteiger partial charge < -0.3 is 15.5 Å². The molecule has 0 amide bonds. The molecule has 3 rings (SSSR count). The third-order valence-corrected chi connectivity index (χ3v) is 4.42. The molecule has 0 saturated carbocycles. The van der Waals surface area contributed by atoms with Crippen molar-refractivity contribution in [3.8, 4) is 0 Å². The first-order valence-corrected chi connectivity index (χ1v) is 8.83. The SMILES string of the molecule is CN=C(NCCc1cc(F)cc(F)c1)NC1CCN(c2ncccc2F)C1.I. The van der Waals surface area contributed by atoms with Crippen LogP contribution >= 0.6 is 24.0 Å². The van der Waals surface area contributed by atoms with Crippen molar-refractivity contribution in [3.63, 3.8) is 0 Å². The third-order valence-electron chi connectivity index (χ3n) is 4.42. The minimum Gasteiger partial charge on any atom is -0.356 e. The van der Waals surface area contributed by atoms with Crippen LogP contribution in [0.4, 0.5) is 19.0 Å². The number of pyridine rings is 1. The molecule has 1 atom stereocenters. The molecule has 2 aromatic rings. The Kier molecular flexibility index (Phi) is 8.34. The molecular weight excluding hydrogens is 482 g/mol. The zero-order valence-corrected chi connectivity index (χ0v) is 17.8. The van der Waals surface area contributed by atoms with Gasteiger partial charge in [-0.3, -0.25) is 4.99 Å². The molecule has 2 heterocycles. The normalized spacial score (nSPS) is 16.6. The average Bonchev–Trinajstić information content (AvgIpc) is 3.08. The lowest BCUT2D eigenvalue weighted by Crippen LogP contribution is -2.45. The number of anilines is 1. The van der Waals surface area contributed by atoms with E-state index in [1.165, 1.54) is 18.2 Å². The van der Waals surface area contributed by atoms with E-state index in [0.717, 1.165) is 12.5 Å². The van der Waals surface area contributed by atoms with Crippen LogP contribution in [0.2, 0.25) is 0 Å². The largest absolute Gasteiger partial charge is 0.356 e. The van der Waals surface area contributed by atoms with Crippen molar-refractivity contribution in [2.24, 2.45) is 4.99 Å². The molecule has 0 radical (unpaired) electrons. The number of hydrogen-bond donors (Lipinski definition) is 2. The summed E-state index contributed by atoms with van der Waals surface area (Å²) in [6, 6.07) is 6.56. The van der Waals surface area contributed by atoms with E-state index in [-0.39, 0.29) is 35.8 Å². The number of rotatable bonds is 5. The predicted octanol–water partition coefficient (Wildman–Crippen LogP) is 3.10. The molecule has 28 heavy (non-hydrogen) atoms. The number of nitrogens with one attached hydrogen (secondary N) is 2. The van der Waals surface area contributed by atoms with Crippen LogP contribution in [0.25, 0.3) is 0 Å². The van der Waals surface area contributed by atoms with Gasteiger partial charge in [0.1, 0.15) is 11.6 Å². The highest BCUT2D eigenvalue weighted by atomic mass is 127. The first-order chi connectivity index (χ1) is 13.0. The van der Waals surface area contributed by atoms with Gasteiger partial charge in [0.15, 0.2) is 17.6 Å². The first kappa shape index (κ1) is 22.3. The third kappa shape index (κ3) is 5.98. The zero-order valence-electron chi connectivity index (χ0n) is 15.5. The Balaban J connectivity index is 0.00000280. The minimum absolute atomic E-state index is 0. The molecule has 2 N–H and O–H groups in total. The fourth-order valence-corrected chi connectivity index (χ4v) is 3.15. The Morgan fingerprint density at radius 2 is 2.00 bits per heavy atom. The van der Waals surface area contributed by atoms with Crippen LogP contribution in [-0.4, -0.2) is 43.7 Å². The predicted molar refractivity (Wildman–Crippen MR) is 115 cm³/mol. The van der Waals surface area contributed by atoms with Crippen molar-refractivity contribution in [2.75, 3.05) is 31.6 Å². The van der Waals surface area contributed by atoms with Crippen molar-refractivity contribution in [1.29, 1.82) is 0 Å². The van der Waals surface area contributed by atoms with Crippen LogP contribution < -0.4 is 15.5 Å². The second kappa shape index (κ2) is 10.5. The summed E-state index contributed by atoms with van der Waals surface area (Å²) in [6.45, 7) is 1.79. The fourth-order valence-electron chi connectivity index (χ4n) is 3.15. The second-order valence-corrected chi connectivity index (χ2v) is 6.41. The molecule has 9 heteroatoms. The standard InChI is InChI=1S/C19H22F3N5.HI/c1-23-19(25-7-4-13-9-14(20)11-15(21)10-13)26-16-5-8-27(12-16)18-17(22)3-2-6-24-18;/h2-3,6,9-11,16H,4-5,7-8,12H2,1H3,(H2,23,25,26);1H. The number of aliphatic imine (C=N–C) groups is 1. The van der Waals surface area contributed by atoms with Crippen LogP contribution in [0.15, 0.2) is 41.5 Å². The van der Waals surface area contributed by atoms with Crippen molar-refractivity contribution in [1.82, 2.24) is 15.6 Å². The van der Waals surface area contributed by atoms with Gasteiger partial charge >= 0.3 is 0 Å². The number of aromatic nitrogens is 1. The van der Waals surface area contributed by atoms with E-state index in [4.69, 9.17) is 0 Å². The number of guanidine groups is 1. The summed E-state index contributed by atoms with van der Waals surface area (Å²) in [7, 11) is 1.66. The summed E-state index contributed by atoms with van der Waals surface area (Å²) in [5.74, 6) is -0.540. The van der Waals surface area contributed by atoms with Gasteiger partial charge in [-0.1, -0.05) is 0 Å². The van der Waals surface area contributed by atoms with Gasteiger partial charge in [0.05, 0.1) is 0 Å². The Morgan fingerprint density at radius 1 is 1.25 bits per heavy atom. The van der Waals surface area contributed by atoms with Crippen LogP contribution in [0.3, 0.4) is 0 Å². The van der Waals surface area contributed by atoms with E-state index in [0.29, 0.717) is 43.4 Å². The summed E-state index contributed by atoms with van der Waals surface area (Å²) in [5, 5.41) is 6.43. The van der Waals surface area contributed by atoms with Gasteiger partial charge in [0.2, 0.25) is 0 Å². The number of halogens is 4. The Morgan fingerprint density at radius 3 is 2.68 bits per heavy atom. The van der Waals surface area contributed by atoms with Crippen molar-refractivity contribution in [3.05, 3.63) is 59.5 Å². The molecule has 0 bridgehead atoms. The van der Waals surface area contributed by atoms with Gasteiger partial charge in [0.25, 0.3) is 0 Å². The van der Waals surface area contributed by atoms with E-state index in [1.54, 1.807) is 19.3 Å². The summed E-state index contributed by atoms with van der Waals surface area (Å²) in [4.78, 5) is 10.2. The highest BCUT2D eigenvalue weighted by Gasteiger charge is 2.25. The molecular formula is C19H23F3IN5.